The van der Waals surface area contributed by atoms with Gasteiger partial charge in [0.15, 0.2) is 0 Å². The molecule has 1 aromatic heterocycles. The molecule has 0 unspecified atom stereocenters. The lowest BCUT2D eigenvalue weighted by Crippen LogP contribution is -2.24. The summed E-state index contributed by atoms with van der Waals surface area (Å²) < 4.78 is 14.4. The molecule has 0 atom stereocenters. The van der Waals surface area contributed by atoms with Gasteiger partial charge in [-0.3, -0.25) is 4.79 Å². The zero-order valence-corrected chi connectivity index (χ0v) is 13.1. The van der Waals surface area contributed by atoms with Gasteiger partial charge >= 0.3 is 0 Å². The number of amides is 1. The highest BCUT2D eigenvalue weighted by atomic mass is 79.9. The Morgan fingerprint density at radius 2 is 2.35 bits per heavy atom. The molecular weight excluding hydrogens is 343 g/mol. The molecule has 2 rings (SSSR count). The van der Waals surface area contributed by atoms with Gasteiger partial charge in [-0.2, -0.15) is 0 Å². The number of hydrogen-bond donors (Lipinski definition) is 0. The molecule has 0 saturated carbocycles. The smallest absolute Gasteiger partial charge is 0.246 e. The third-order valence-corrected chi connectivity index (χ3v) is 3.85. The van der Waals surface area contributed by atoms with Crippen LogP contribution in [0.25, 0.3) is 6.08 Å². The fourth-order valence-corrected chi connectivity index (χ4v) is 2.52. The van der Waals surface area contributed by atoms with Crippen molar-refractivity contribution in [1.82, 2.24) is 9.88 Å². The van der Waals surface area contributed by atoms with Gasteiger partial charge in [0.05, 0.1) is 0 Å². The highest BCUT2D eigenvalue weighted by molar-refractivity contribution is 9.10. The number of benzene rings is 1. The Bertz CT molecular complexity index is 628. The summed E-state index contributed by atoms with van der Waals surface area (Å²) in [4.78, 5) is 17.4. The Kier molecular flexibility index (Phi) is 5.03. The Morgan fingerprint density at radius 1 is 1.55 bits per heavy atom. The van der Waals surface area contributed by atoms with Gasteiger partial charge in [-0.15, -0.1) is 11.3 Å². The van der Waals surface area contributed by atoms with Crippen molar-refractivity contribution in [3.63, 3.8) is 0 Å². The van der Waals surface area contributed by atoms with Crippen molar-refractivity contribution in [3.8, 4) is 0 Å². The Labute approximate surface area is 128 Å². The fraction of sp³-hybridized carbons (Fsp3) is 0.143. The maximum atomic E-state index is 13.6. The number of thiazole rings is 1. The van der Waals surface area contributed by atoms with Gasteiger partial charge in [0, 0.05) is 41.3 Å². The lowest BCUT2D eigenvalue weighted by atomic mass is 10.2. The lowest BCUT2D eigenvalue weighted by Gasteiger charge is -2.15. The molecule has 20 heavy (non-hydrogen) atoms. The van der Waals surface area contributed by atoms with Crippen LogP contribution in [0.15, 0.2) is 40.3 Å². The predicted molar refractivity (Wildman–Crippen MR) is 81.7 cm³/mol. The summed E-state index contributed by atoms with van der Waals surface area (Å²) >= 11 is 4.74. The van der Waals surface area contributed by atoms with Gasteiger partial charge in [0.2, 0.25) is 5.91 Å². The van der Waals surface area contributed by atoms with E-state index < -0.39 is 0 Å². The minimum atomic E-state index is -0.322. The molecule has 0 saturated heterocycles. The number of likely N-dealkylation sites (N-methyl/N-ethyl adjacent to an activating group) is 1. The highest BCUT2D eigenvalue weighted by Crippen LogP contribution is 2.17. The van der Waals surface area contributed by atoms with Crippen LogP contribution in [0.1, 0.15) is 10.6 Å². The largest absolute Gasteiger partial charge is 0.338 e. The molecule has 0 fully saturated rings. The van der Waals surface area contributed by atoms with Crippen LogP contribution in [-0.2, 0) is 11.3 Å². The van der Waals surface area contributed by atoms with Gasteiger partial charge in [0.25, 0.3) is 0 Å². The molecule has 0 spiro atoms. The first-order chi connectivity index (χ1) is 9.56. The van der Waals surface area contributed by atoms with E-state index in [0.717, 1.165) is 9.48 Å². The van der Waals surface area contributed by atoms with Crippen LogP contribution in [0.4, 0.5) is 4.39 Å². The molecule has 0 aliphatic carbocycles. The summed E-state index contributed by atoms with van der Waals surface area (Å²) in [5, 5.41) is 2.60. The molecule has 0 radical (unpaired) electrons. The molecule has 1 heterocycles. The van der Waals surface area contributed by atoms with Gasteiger partial charge in [-0.25, -0.2) is 9.37 Å². The second-order valence-corrected chi connectivity index (χ2v) is 5.98. The first-order valence-corrected chi connectivity index (χ1v) is 7.50. The van der Waals surface area contributed by atoms with Crippen molar-refractivity contribution in [2.45, 2.75) is 6.54 Å². The van der Waals surface area contributed by atoms with E-state index in [2.05, 4.69) is 20.9 Å². The van der Waals surface area contributed by atoms with Crippen molar-refractivity contribution in [2.24, 2.45) is 0 Å². The van der Waals surface area contributed by atoms with Crippen molar-refractivity contribution in [3.05, 3.63) is 56.7 Å². The lowest BCUT2D eigenvalue weighted by molar-refractivity contribution is -0.125. The quantitative estimate of drug-likeness (QED) is 0.784. The second-order valence-electron chi connectivity index (χ2n) is 4.13. The van der Waals surface area contributed by atoms with Gasteiger partial charge in [-0.05, 0) is 24.3 Å². The summed E-state index contributed by atoms with van der Waals surface area (Å²) in [6.07, 6.45) is 4.77. The highest BCUT2D eigenvalue weighted by Gasteiger charge is 2.10. The molecular formula is C14H12BrFN2OS. The maximum Gasteiger partial charge on any atom is 0.246 e. The average molecular weight is 355 g/mol. The molecule has 2 aromatic rings. The maximum absolute atomic E-state index is 13.6. The van der Waals surface area contributed by atoms with E-state index >= 15 is 0 Å². The van der Waals surface area contributed by atoms with Crippen molar-refractivity contribution >= 4 is 39.2 Å². The number of carbonyl (C=O) groups is 1. The van der Waals surface area contributed by atoms with Crippen molar-refractivity contribution in [2.75, 3.05) is 7.05 Å². The van der Waals surface area contributed by atoms with Crippen LogP contribution in [0.5, 0.6) is 0 Å². The molecule has 0 bridgehead atoms. The fourth-order valence-electron chi connectivity index (χ4n) is 1.58. The van der Waals surface area contributed by atoms with Crippen LogP contribution in [0.3, 0.4) is 0 Å². The summed E-state index contributed by atoms with van der Waals surface area (Å²) in [6, 6.07) is 4.68. The van der Waals surface area contributed by atoms with Gasteiger partial charge in [0.1, 0.15) is 10.8 Å². The SMILES string of the molecule is CN(Cc1cc(Br)ccc1F)C(=O)/C=C/c1nccs1. The van der Waals surface area contributed by atoms with E-state index in [1.54, 1.807) is 31.5 Å². The molecule has 0 N–H and O–H groups in total. The summed E-state index contributed by atoms with van der Waals surface area (Å²) in [6.45, 7) is 0.215. The van der Waals surface area contributed by atoms with Crippen LogP contribution < -0.4 is 0 Å². The van der Waals surface area contributed by atoms with Crippen LogP contribution >= 0.6 is 27.3 Å². The zero-order valence-electron chi connectivity index (χ0n) is 10.7. The first-order valence-electron chi connectivity index (χ1n) is 5.83. The van der Waals surface area contributed by atoms with E-state index in [1.807, 2.05) is 5.38 Å². The Morgan fingerprint density at radius 3 is 3.05 bits per heavy atom. The average Bonchev–Trinajstić information content (AvgIpc) is 2.93. The van der Waals surface area contributed by atoms with Crippen molar-refractivity contribution < 1.29 is 9.18 Å². The third kappa shape index (κ3) is 3.98. The second kappa shape index (κ2) is 6.76. The van der Waals surface area contributed by atoms with Crippen molar-refractivity contribution in [1.29, 1.82) is 0 Å². The molecule has 0 aliphatic rings. The van der Waals surface area contributed by atoms with Gasteiger partial charge < -0.3 is 4.90 Å². The minimum Gasteiger partial charge on any atom is -0.338 e. The first kappa shape index (κ1) is 14.9. The summed E-state index contributed by atoms with van der Waals surface area (Å²) in [5.74, 6) is -0.517. The third-order valence-electron chi connectivity index (χ3n) is 2.61. The predicted octanol–water partition coefficient (Wildman–Crippen LogP) is 3.72. The molecule has 104 valence electrons. The normalized spacial score (nSPS) is 10.9. The monoisotopic (exact) mass is 354 g/mol. The number of nitrogens with zero attached hydrogens (tertiary/aromatic N) is 2. The van der Waals surface area contributed by atoms with Crippen LogP contribution in [-0.4, -0.2) is 22.8 Å². The van der Waals surface area contributed by atoms with E-state index in [9.17, 15) is 9.18 Å². The number of rotatable bonds is 4. The summed E-state index contributed by atoms with van der Waals surface area (Å²) in [5.41, 5.74) is 0.470. The molecule has 1 amide bonds. The number of aromatic nitrogens is 1. The zero-order chi connectivity index (χ0) is 14.5. The van der Waals surface area contributed by atoms with E-state index in [1.165, 1.54) is 28.4 Å². The van der Waals surface area contributed by atoms with Gasteiger partial charge in [-0.1, -0.05) is 15.9 Å². The molecule has 0 aliphatic heterocycles. The number of carbonyl (C=O) groups excluding carboxylic acids is 1. The minimum absolute atomic E-state index is 0.195. The van der Waals surface area contributed by atoms with E-state index in [-0.39, 0.29) is 18.3 Å². The molecule has 3 nitrogen and oxygen atoms in total. The van der Waals surface area contributed by atoms with Crippen LogP contribution in [0.2, 0.25) is 0 Å². The van der Waals surface area contributed by atoms with E-state index in [0.29, 0.717) is 5.56 Å². The Hall–Kier alpha value is -1.53. The standard InChI is InChI=1S/C14H12BrFN2OS/c1-18(9-10-8-11(15)2-3-12(10)16)14(19)5-4-13-17-6-7-20-13/h2-8H,9H2,1H3/b5-4+. The number of hydrogen-bond acceptors (Lipinski definition) is 3. The molecule has 1 aromatic carbocycles. The summed E-state index contributed by atoms with van der Waals surface area (Å²) in [7, 11) is 1.63. The number of halogens is 2. The van der Waals surface area contributed by atoms with Crippen LogP contribution in [0, 0.1) is 5.82 Å². The molecule has 6 heteroatoms. The topological polar surface area (TPSA) is 33.2 Å². The van der Waals surface area contributed by atoms with E-state index in [4.69, 9.17) is 0 Å². The Balaban J connectivity index is 2.02.